The van der Waals surface area contributed by atoms with Crippen molar-refractivity contribution in [1.29, 1.82) is 5.26 Å². The zero-order chi connectivity index (χ0) is 21.3. The average Bonchev–Trinajstić information content (AvgIpc) is 2.77. The highest BCUT2D eigenvalue weighted by Crippen LogP contribution is 2.21. The lowest BCUT2D eigenvalue weighted by molar-refractivity contribution is -0.112. The van der Waals surface area contributed by atoms with E-state index in [1.54, 1.807) is 6.20 Å². The lowest BCUT2D eigenvalue weighted by atomic mass is 10.0. The van der Waals surface area contributed by atoms with Crippen LogP contribution in [0.1, 0.15) is 36.5 Å². The second kappa shape index (κ2) is 10.6. The molecule has 2 N–H and O–H groups in total. The van der Waals surface area contributed by atoms with Crippen molar-refractivity contribution in [3.8, 4) is 6.07 Å². The standard InChI is InChI=1S/C25H30N4O/c1-3-21-11-7-8-19(2)24(21)28-25(30)22(16-26)17-27-23-12-14-29(15-13-23)18-20-9-5-4-6-10-20/h4-11,17,23,27H,3,12-15,18H2,1-2H3,(H,28,30)/b22-17-. The molecule has 156 valence electrons. The summed E-state index contributed by atoms with van der Waals surface area (Å²) in [7, 11) is 0. The fraction of sp³-hybridized carbons (Fsp3) is 0.360. The van der Waals surface area contributed by atoms with Gasteiger partial charge in [0.15, 0.2) is 0 Å². The van der Waals surface area contributed by atoms with E-state index in [1.165, 1.54) is 5.56 Å². The molecule has 1 saturated heterocycles. The lowest BCUT2D eigenvalue weighted by Gasteiger charge is -2.32. The number of benzene rings is 2. The van der Waals surface area contributed by atoms with Crippen molar-refractivity contribution in [2.45, 2.75) is 45.7 Å². The molecule has 1 heterocycles. The van der Waals surface area contributed by atoms with E-state index >= 15 is 0 Å². The number of hydrogen-bond donors (Lipinski definition) is 2. The first-order chi connectivity index (χ1) is 14.6. The fourth-order valence-corrected chi connectivity index (χ4v) is 3.83. The number of nitriles is 1. The Hall–Kier alpha value is -3.10. The number of likely N-dealkylation sites (tertiary alicyclic amines) is 1. The van der Waals surface area contributed by atoms with Crippen LogP contribution in [0.3, 0.4) is 0 Å². The van der Waals surface area contributed by atoms with Gasteiger partial charge in [0.2, 0.25) is 0 Å². The van der Waals surface area contributed by atoms with E-state index in [9.17, 15) is 10.1 Å². The second-order valence-corrected chi connectivity index (χ2v) is 7.79. The number of aryl methyl sites for hydroxylation is 2. The van der Waals surface area contributed by atoms with Crippen molar-refractivity contribution < 1.29 is 4.79 Å². The number of carbonyl (C=O) groups is 1. The van der Waals surface area contributed by atoms with Gasteiger partial charge < -0.3 is 10.6 Å². The van der Waals surface area contributed by atoms with E-state index in [2.05, 4.69) is 46.7 Å². The fourth-order valence-electron chi connectivity index (χ4n) is 3.83. The second-order valence-electron chi connectivity index (χ2n) is 7.79. The third kappa shape index (κ3) is 5.71. The molecular weight excluding hydrogens is 372 g/mol. The number of hydrogen-bond acceptors (Lipinski definition) is 4. The van der Waals surface area contributed by atoms with Crippen LogP contribution in [-0.2, 0) is 17.8 Å². The Kier molecular flexibility index (Phi) is 7.64. The van der Waals surface area contributed by atoms with E-state index in [0.29, 0.717) is 0 Å². The summed E-state index contributed by atoms with van der Waals surface area (Å²) in [5.74, 6) is -0.365. The van der Waals surface area contributed by atoms with Gasteiger partial charge in [-0.1, -0.05) is 55.5 Å². The Morgan fingerprint density at radius 3 is 2.57 bits per heavy atom. The van der Waals surface area contributed by atoms with Crippen LogP contribution in [-0.4, -0.2) is 29.9 Å². The van der Waals surface area contributed by atoms with Crippen LogP contribution in [0.4, 0.5) is 5.69 Å². The van der Waals surface area contributed by atoms with Gasteiger partial charge in [0.1, 0.15) is 11.6 Å². The van der Waals surface area contributed by atoms with E-state index < -0.39 is 0 Å². The first-order valence-corrected chi connectivity index (χ1v) is 10.6. The highest BCUT2D eigenvalue weighted by atomic mass is 16.1. The SMILES string of the molecule is CCc1cccc(C)c1NC(=O)/C(C#N)=C\NC1CCN(Cc2ccccc2)CC1. The maximum absolute atomic E-state index is 12.6. The summed E-state index contributed by atoms with van der Waals surface area (Å²) in [5.41, 5.74) is 4.31. The minimum Gasteiger partial charge on any atom is -0.387 e. The van der Waals surface area contributed by atoms with Gasteiger partial charge in [-0.25, -0.2) is 0 Å². The van der Waals surface area contributed by atoms with E-state index in [0.717, 1.165) is 55.7 Å². The Balaban J connectivity index is 1.53. The molecule has 0 unspecified atom stereocenters. The molecule has 5 nitrogen and oxygen atoms in total. The van der Waals surface area contributed by atoms with Crippen LogP contribution in [0.15, 0.2) is 60.3 Å². The Labute approximate surface area is 179 Å². The van der Waals surface area contributed by atoms with Crippen LogP contribution < -0.4 is 10.6 Å². The molecule has 2 aromatic rings. The smallest absolute Gasteiger partial charge is 0.267 e. The highest BCUT2D eigenvalue weighted by Gasteiger charge is 2.19. The van der Waals surface area contributed by atoms with Crippen molar-refractivity contribution in [1.82, 2.24) is 10.2 Å². The monoisotopic (exact) mass is 402 g/mol. The van der Waals surface area contributed by atoms with Gasteiger partial charge in [0, 0.05) is 37.6 Å². The van der Waals surface area contributed by atoms with E-state index in [1.807, 2.05) is 37.3 Å². The third-order valence-electron chi connectivity index (χ3n) is 5.64. The molecule has 1 aliphatic heterocycles. The molecule has 1 aliphatic rings. The van der Waals surface area contributed by atoms with Gasteiger partial charge in [0.05, 0.1) is 0 Å². The number of anilines is 1. The third-order valence-corrected chi connectivity index (χ3v) is 5.64. The predicted molar refractivity (Wildman–Crippen MR) is 121 cm³/mol. The molecule has 5 heteroatoms. The topological polar surface area (TPSA) is 68.2 Å². The van der Waals surface area contributed by atoms with Crippen molar-refractivity contribution in [3.63, 3.8) is 0 Å². The number of nitrogens with zero attached hydrogens (tertiary/aromatic N) is 2. The summed E-state index contributed by atoms with van der Waals surface area (Å²) < 4.78 is 0. The van der Waals surface area contributed by atoms with Crippen LogP contribution in [0, 0.1) is 18.3 Å². The molecule has 0 aliphatic carbocycles. The summed E-state index contributed by atoms with van der Waals surface area (Å²) in [5, 5.41) is 15.7. The zero-order valence-electron chi connectivity index (χ0n) is 17.8. The Bertz CT molecular complexity index is 922. The number of rotatable bonds is 7. The summed E-state index contributed by atoms with van der Waals surface area (Å²) >= 11 is 0. The largest absolute Gasteiger partial charge is 0.387 e. The molecule has 30 heavy (non-hydrogen) atoms. The molecule has 0 atom stereocenters. The number of nitrogens with one attached hydrogen (secondary N) is 2. The summed E-state index contributed by atoms with van der Waals surface area (Å²) in [6.07, 6.45) is 4.38. The molecular formula is C25H30N4O. The van der Waals surface area contributed by atoms with Gasteiger partial charge in [0.25, 0.3) is 5.91 Å². The molecule has 3 rings (SSSR count). The predicted octanol–water partition coefficient (Wildman–Crippen LogP) is 4.16. The van der Waals surface area contributed by atoms with Crippen molar-refractivity contribution in [2.24, 2.45) is 0 Å². The maximum Gasteiger partial charge on any atom is 0.267 e. The zero-order valence-corrected chi connectivity index (χ0v) is 17.8. The van der Waals surface area contributed by atoms with Crippen LogP contribution in [0.2, 0.25) is 0 Å². The van der Waals surface area contributed by atoms with Crippen LogP contribution in [0.25, 0.3) is 0 Å². The molecule has 1 fully saturated rings. The summed E-state index contributed by atoms with van der Waals surface area (Å²) in [6.45, 7) is 6.98. The van der Waals surface area contributed by atoms with Crippen LogP contribution >= 0.6 is 0 Å². The molecule has 0 saturated carbocycles. The summed E-state index contributed by atoms with van der Waals surface area (Å²) in [4.78, 5) is 15.1. The Morgan fingerprint density at radius 2 is 1.90 bits per heavy atom. The Morgan fingerprint density at radius 1 is 1.17 bits per heavy atom. The molecule has 1 amide bonds. The number of amides is 1. The van der Waals surface area contributed by atoms with Gasteiger partial charge >= 0.3 is 0 Å². The summed E-state index contributed by atoms with van der Waals surface area (Å²) in [6, 6.07) is 18.8. The molecule has 0 bridgehead atoms. The van der Waals surface area contributed by atoms with Gasteiger partial charge in [-0.2, -0.15) is 5.26 Å². The van der Waals surface area contributed by atoms with Gasteiger partial charge in [-0.15, -0.1) is 0 Å². The van der Waals surface area contributed by atoms with E-state index in [4.69, 9.17) is 0 Å². The highest BCUT2D eigenvalue weighted by molar-refractivity contribution is 6.07. The quantitative estimate of drug-likeness (QED) is 0.539. The molecule has 0 radical (unpaired) electrons. The first-order valence-electron chi connectivity index (χ1n) is 10.6. The van der Waals surface area contributed by atoms with Gasteiger partial charge in [-0.3, -0.25) is 9.69 Å². The van der Waals surface area contributed by atoms with Crippen molar-refractivity contribution in [2.75, 3.05) is 18.4 Å². The van der Waals surface area contributed by atoms with Crippen molar-refractivity contribution >= 4 is 11.6 Å². The van der Waals surface area contributed by atoms with Gasteiger partial charge in [-0.05, 0) is 42.9 Å². The number of piperidine rings is 1. The normalized spacial score (nSPS) is 15.4. The maximum atomic E-state index is 12.6. The molecule has 2 aromatic carbocycles. The number of para-hydroxylation sites is 1. The minimum absolute atomic E-state index is 0.104. The molecule has 0 aromatic heterocycles. The minimum atomic E-state index is -0.365. The number of carbonyl (C=O) groups excluding carboxylic acids is 1. The first kappa shape index (κ1) is 21.6. The van der Waals surface area contributed by atoms with E-state index in [-0.39, 0.29) is 17.5 Å². The van der Waals surface area contributed by atoms with Crippen LogP contribution in [0.5, 0.6) is 0 Å². The van der Waals surface area contributed by atoms with Crippen molar-refractivity contribution in [3.05, 3.63) is 77.0 Å². The average molecular weight is 403 g/mol. The lowest BCUT2D eigenvalue weighted by Crippen LogP contribution is -2.40. The molecule has 0 spiro atoms.